The second-order valence-corrected chi connectivity index (χ2v) is 6.10. The normalized spacial score (nSPS) is 12.1. The molecule has 144 valence electrons. The van der Waals surface area contributed by atoms with Crippen molar-refractivity contribution in [3.8, 4) is 0 Å². The van der Waals surface area contributed by atoms with Gasteiger partial charge in [-0.3, -0.25) is 9.89 Å². The summed E-state index contributed by atoms with van der Waals surface area (Å²) in [4.78, 5) is 7.39. The number of hydrogen-bond donors (Lipinski definition) is 1. The lowest BCUT2D eigenvalue weighted by molar-refractivity contribution is -0.143. The number of benzene rings is 1. The van der Waals surface area contributed by atoms with E-state index in [2.05, 4.69) is 10.3 Å². The predicted octanol–water partition coefficient (Wildman–Crippen LogP) is 3.85. The first-order valence-electron chi connectivity index (χ1n) is 7.63. The lowest BCUT2D eigenvalue weighted by Crippen LogP contribution is -2.40. The van der Waals surface area contributed by atoms with E-state index in [-0.39, 0.29) is 24.0 Å². The monoisotopic (exact) mass is 492 g/mol. The number of rotatable bonds is 7. The molecule has 0 heterocycles. The molecule has 0 saturated carbocycles. The fourth-order valence-electron chi connectivity index (χ4n) is 2.30. The maximum atomic E-state index is 12.2. The summed E-state index contributed by atoms with van der Waals surface area (Å²) < 4.78 is 36.7. The molecule has 0 amide bonds. The van der Waals surface area contributed by atoms with Crippen molar-refractivity contribution in [3.05, 3.63) is 34.9 Å². The highest BCUT2D eigenvalue weighted by molar-refractivity contribution is 14.0. The third-order valence-electron chi connectivity index (χ3n) is 3.33. The van der Waals surface area contributed by atoms with Crippen LogP contribution in [0.2, 0.25) is 5.02 Å². The van der Waals surface area contributed by atoms with Crippen molar-refractivity contribution in [3.63, 3.8) is 0 Å². The minimum Gasteiger partial charge on any atom is -0.356 e. The third kappa shape index (κ3) is 10.8. The van der Waals surface area contributed by atoms with Gasteiger partial charge < -0.3 is 10.2 Å². The number of halogens is 5. The van der Waals surface area contributed by atoms with Gasteiger partial charge in [-0.05, 0) is 37.7 Å². The Labute approximate surface area is 169 Å². The van der Waals surface area contributed by atoms with Gasteiger partial charge in [0.1, 0.15) is 0 Å². The number of alkyl halides is 3. The van der Waals surface area contributed by atoms with Crippen molar-refractivity contribution in [2.45, 2.75) is 19.1 Å². The Morgan fingerprint density at radius 1 is 1.28 bits per heavy atom. The Hall–Kier alpha value is -0.740. The standard InChI is InChI=1S/C16H24ClF3N4.HI/c1-21-15(22-8-5-9-23(2)12-16(18,19)20)24(3)11-13-6-4-7-14(17)10-13;/h4,6-7,10H,5,8-9,11-12H2,1-3H3,(H,21,22);1H. The summed E-state index contributed by atoms with van der Waals surface area (Å²) in [6, 6.07) is 7.56. The molecule has 0 aliphatic carbocycles. The predicted molar refractivity (Wildman–Crippen MR) is 108 cm³/mol. The van der Waals surface area contributed by atoms with E-state index in [0.717, 1.165) is 5.56 Å². The van der Waals surface area contributed by atoms with Crippen LogP contribution in [0.25, 0.3) is 0 Å². The van der Waals surface area contributed by atoms with Gasteiger partial charge in [0, 0.05) is 32.2 Å². The molecule has 0 saturated heterocycles. The van der Waals surface area contributed by atoms with Crippen LogP contribution in [0, 0.1) is 0 Å². The van der Waals surface area contributed by atoms with E-state index in [1.807, 2.05) is 36.2 Å². The Morgan fingerprint density at radius 2 is 1.96 bits per heavy atom. The lowest BCUT2D eigenvalue weighted by Gasteiger charge is -2.23. The molecule has 0 aliphatic rings. The van der Waals surface area contributed by atoms with Crippen LogP contribution in [0.4, 0.5) is 13.2 Å². The van der Waals surface area contributed by atoms with Gasteiger partial charge in [0.15, 0.2) is 5.96 Å². The molecule has 1 N–H and O–H groups in total. The number of nitrogens with one attached hydrogen (secondary N) is 1. The number of aliphatic imine (C=N–C) groups is 1. The maximum Gasteiger partial charge on any atom is 0.401 e. The summed E-state index contributed by atoms with van der Waals surface area (Å²) in [7, 11) is 5.03. The van der Waals surface area contributed by atoms with Gasteiger partial charge in [0.2, 0.25) is 0 Å². The van der Waals surface area contributed by atoms with Crippen molar-refractivity contribution in [1.29, 1.82) is 0 Å². The molecule has 0 aliphatic heterocycles. The van der Waals surface area contributed by atoms with E-state index in [1.165, 1.54) is 11.9 Å². The van der Waals surface area contributed by atoms with Crippen molar-refractivity contribution in [1.82, 2.24) is 15.1 Å². The highest BCUT2D eigenvalue weighted by Gasteiger charge is 2.28. The van der Waals surface area contributed by atoms with Crippen molar-refractivity contribution in [2.75, 3.05) is 40.8 Å². The summed E-state index contributed by atoms with van der Waals surface area (Å²) in [5.74, 6) is 0.688. The van der Waals surface area contributed by atoms with E-state index in [4.69, 9.17) is 11.6 Å². The number of nitrogens with zero attached hydrogens (tertiary/aromatic N) is 3. The minimum absolute atomic E-state index is 0. The smallest absolute Gasteiger partial charge is 0.356 e. The first kappa shape index (κ1) is 24.3. The summed E-state index contributed by atoms with van der Waals surface area (Å²) in [6.07, 6.45) is -3.56. The maximum absolute atomic E-state index is 12.2. The molecule has 0 radical (unpaired) electrons. The van der Waals surface area contributed by atoms with Gasteiger partial charge >= 0.3 is 6.18 Å². The molecule has 0 spiro atoms. The average molecular weight is 493 g/mol. The first-order chi connectivity index (χ1) is 11.2. The Balaban J connectivity index is 0.00000576. The van der Waals surface area contributed by atoms with Crippen molar-refractivity contribution in [2.24, 2.45) is 4.99 Å². The number of guanidine groups is 1. The number of hydrogen-bond acceptors (Lipinski definition) is 2. The Morgan fingerprint density at radius 3 is 2.52 bits per heavy atom. The first-order valence-corrected chi connectivity index (χ1v) is 8.00. The quantitative estimate of drug-likeness (QED) is 0.272. The zero-order valence-electron chi connectivity index (χ0n) is 14.6. The van der Waals surface area contributed by atoms with Gasteiger partial charge in [-0.25, -0.2) is 0 Å². The van der Waals surface area contributed by atoms with Crippen LogP contribution in [0.5, 0.6) is 0 Å². The Kier molecular flexibility index (Phi) is 11.4. The molecule has 0 fully saturated rings. The summed E-state index contributed by atoms with van der Waals surface area (Å²) in [5.41, 5.74) is 1.05. The SMILES string of the molecule is CN=C(NCCCN(C)CC(F)(F)F)N(C)Cc1cccc(Cl)c1.I. The highest BCUT2D eigenvalue weighted by Crippen LogP contribution is 2.15. The molecule has 0 atom stereocenters. The molecule has 25 heavy (non-hydrogen) atoms. The summed E-state index contributed by atoms with van der Waals surface area (Å²) in [6.45, 7) is 0.654. The van der Waals surface area contributed by atoms with E-state index in [9.17, 15) is 13.2 Å². The second-order valence-electron chi connectivity index (χ2n) is 5.67. The Bertz CT molecular complexity index is 540. The molecule has 1 rings (SSSR count). The summed E-state index contributed by atoms with van der Waals surface area (Å²) >= 11 is 5.97. The summed E-state index contributed by atoms with van der Waals surface area (Å²) in [5, 5.41) is 3.83. The second kappa shape index (κ2) is 11.8. The molecule has 0 aromatic heterocycles. The fraction of sp³-hybridized carbons (Fsp3) is 0.562. The van der Waals surface area contributed by atoms with Gasteiger partial charge in [0.05, 0.1) is 6.54 Å². The molecular weight excluding hydrogens is 468 g/mol. The topological polar surface area (TPSA) is 30.9 Å². The largest absolute Gasteiger partial charge is 0.401 e. The average Bonchev–Trinajstić information content (AvgIpc) is 2.45. The van der Waals surface area contributed by atoms with Crippen molar-refractivity contribution >= 4 is 41.5 Å². The third-order valence-corrected chi connectivity index (χ3v) is 3.57. The fourth-order valence-corrected chi connectivity index (χ4v) is 2.52. The van der Waals surface area contributed by atoms with E-state index >= 15 is 0 Å². The van der Waals surface area contributed by atoms with Crippen LogP contribution >= 0.6 is 35.6 Å². The molecule has 9 heteroatoms. The zero-order chi connectivity index (χ0) is 18.2. The molecule has 4 nitrogen and oxygen atoms in total. The molecule has 1 aromatic rings. The molecule has 1 aromatic carbocycles. The van der Waals surface area contributed by atoms with Gasteiger partial charge in [-0.2, -0.15) is 13.2 Å². The molecule has 0 unspecified atom stereocenters. The van der Waals surface area contributed by atoms with E-state index < -0.39 is 12.7 Å². The van der Waals surface area contributed by atoms with Crippen LogP contribution in [0.15, 0.2) is 29.3 Å². The lowest BCUT2D eigenvalue weighted by atomic mass is 10.2. The molecule has 0 bridgehead atoms. The highest BCUT2D eigenvalue weighted by atomic mass is 127. The van der Waals surface area contributed by atoms with E-state index in [0.29, 0.717) is 37.0 Å². The van der Waals surface area contributed by atoms with Crippen LogP contribution in [-0.4, -0.2) is 62.7 Å². The minimum atomic E-state index is -4.16. The van der Waals surface area contributed by atoms with E-state index in [1.54, 1.807) is 7.05 Å². The van der Waals surface area contributed by atoms with Crippen LogP contribution < -0.4 is 5.32 Å². The van der Waals surface area contributed by atoms with Gasteiger partial charge in [0.25, 0.3) is 0 Å². The van der Waals surface area contributed by atoms with Crippen LogP contribution in [-0.2, 0) is 6.54 Å². The van der Waals surface area contributed by atoms with Gasteiger partial charge in [-0.1, -0.05) is 23.7 Å². The van der Waals surface area contributed by atoms with Gasteiger partial charge in [-0.15, -0.1) is 24.0 Å². The van der Waals surface area contributed by atoms with Crippen LogP contribution in [0.3, 0.4) is 0 Å². The van der Waals surface area contributed by atoms with Crippen molar-refractivity contribution < 1.29 is 13.2 Å². The zero-order valence-corrected chi connectivity index (χ0v) is 17.7. The van der Waals surface area contributed by atoms with Crippen LogP contribution in [0.1, 0.15) is 12.0 Å². The molecular formula is C16H25ClF3IN4.